The van der Waals surface area contributed by atoms with Crippen molar-refractivity contribution in [2.45, 2.75) is 37.6 Å². The van der Waals surface area contributed by atoms with E-state index < -0.39 is 43.3 Å². The second kappa shape index (κ2) is 9.16. The van der Waals surface area contributed by atoms with Gasteiger partial charge in [0.2, 0.25) is 5.91 Å². The second-order valence-corrected chi connectivity index (χ2v) is 7.60. The zero-order chi connectivity index (χ0) is 22.6. The number of pyridine rings is 1. The van der Waals surface area contributed by atoms with E-state index in [9.17, 15) is 22.8 Å². The molecule has 2 aromatic rings. The molecule has 6 nitrogen and oxygen atoms in total. The summed E-state index contributed by atoms with van der Waals surface area (Å²) < 4.78 is 40.2. The summed E-state index contributed by atoms with van der Waals surface area (Å²) in [5.74, 6) is -4.77. The van der Waals surface area contributed by atoms with Crippen molar-refractivity contribution in [3.05, 3.63) is 65.2 Å². The van der Waals surface area contributed by atoms with Gasteiger partial charge >= 0.3 is 0 Å². The topological polar surface area (TPSA) is 86.1 Å². The van der Waals surface area contributed by atoms with Crippen LogP contribution >= 0.6 is 0 Å². The van der Waals surface area contributed by atoms with Crippen molar-refractivity contribution >= 4 is 11.8 Å². The molecule has 2 unspecified atom stereocenters. The molecule has 2 atom stereocenters. The number of halogens is 3. The van der Waals surface area contributed by atoms with E-state index in [1.54, 1.807) is 24.4 Å². The summed E-state index contributed by atoms with van der Waals surface area (Å²) in [6.07, 6.45) is 2.73. The lowest BCUT2D eigenvalue weighted by atomic mass is 9.92. The number of aromatic nitrogens is 1. The van der Waals surface area contributed by atoms with Crippen LogP contribution < -0.4 is 5.32 Å². The minimum Gasteiger partial charge on any atom is -0.343 e. The van der Waals surface area contributed by atoms with Crippen LogP contribution in [0.15, 0.2) is 42.7 Å². The Morgan fingerprint density at radius 1 is 1.32 bits per heavy atom. The molecule has 0 saturated carbocycles. The number of hydrogen-bond acceptors (Lipinski definition) is 4. The van der Waals surface area contributed by atoms with E-state index in [2.05, 4.69) is 10.3 Å². The highest BCUT2D eigenvalue weighted by molar-refractivity contribution is 5.97. The van der Waals surface area contributed by atoms with Gasteiger partial charge in [0.05, 0.1) is 19.2 Å². The largest absolute Gasteiger partial charge is 0.343 e. The fourth-order valence-corrected chi connectivity index (χ4v) is 3.60. The minimum absolute atomic E-state index is 0.0267. The predicted octanol–water partition coefficient (Wildman–Crippen LogP) is 3.06. The van der Waals surface area contributed by atoms with Gasteiger partial charge < -0.3 is 10.2 Å². The van der Waals surface area contributed by atoms with Crippen molar-refractivity contribution in [2.24, 2.45) is 0 Å². The standard InChI is InChI=1S/C22H21F3N4O2/c1-14(15-2-4-17(23)5-3-15)8-16-11-27-7-6-19(16)21(31)28-12-20(30)29-13-22(24,25)9-18(29)10-26/h2-7,11,14,18H,8-9,12-13H2,1H3,(H,28,31). The molecule has 1 aliphatic heterocycles. The van der Waals surface area contributed by atoms with Gasteiger partial charge in [0.15, 0.2) is 0 Å². The van der Waals surface area contributed by atoms with Crippen molar-refractivity contribution in [3.8, 4) is 6.07 Å². The van der Waals surface area contributed by atoms with Crippen molar-refractivity contribution in [1.29, 1.82) is 5.26 Å². The lowest BCUT2D eigenvalue weighted by Gasteiger charge is -2.19. The molecule has 0 radical (unpaired) electrons. The van der Waals surface area contributed by atoms with Crippen LogP contribution in [0.2, 0.25) is 0 Å². The molecule has 31 heavy (non-hydrogen) atoms. The average Bonchev–Trinajstić information content (AvgIpc) is 3.07. The number of rotatable bonds is 6. The number of carbonyl (C=O) groups excluding carboxylic acids is 2. The summed E-state index contributed by atoms with van der Waals surface area (Å²) in [4.78, 5) is 29.8. The summed E-state index contributed by atoms with van der Waals surface area (Å²) in [6.45, 7) is 0.596. The van der Waals surface area contributed by atoms with E-state index in [1.807, 2.05) is 6.92 Å². The van der Waals surface area contributed by atoms with E-state index in [0.29, 0.717) is 17.5 Å². The summed E-state index contributed by atoms with van der Waals surface area (Å²) in [7, 11) is 0. The first kappa shape index (κ1) is 22.3. The van der Waals surface area contributed by atoms with E-state index in [1.165, 1.54) is 24.4 Å². The molecule has 9 heteroatoms. The number of benzene rings is 1. The molecule has 3 rings (SSSR count). The first-order valence-electron chi connectivity index (χ1n) is 9.73. The molecule has 1 fully saturated rings. The van der Waals surface area contributed by atoms with Gasteiger partial charge in [-0.15, -0.1) is 0 Å². The van der Waals surface area contributed by atoms with Gasteiger partial charge in [-0.3, -0.25) is 14.6 Å². The lowest BCUT2D eigenvalue weighted by Crippen LogP contribution is -2.43. The van der Waals surface area contributed by atoms with E-state index in [-0.39, 0.29) is 11.7 Å². The smallest absolute Gasteiger partial charge is 0.268 e. The van der Waals surface area contributed by atoms with E-state index in [4.69, 9.17) is 5.26 Å². The molecule has 0 aliphatic carbocycles. The Morgan fingerprint density at radius 3 is 2.71 bits per heavy atom. The van der Waals surface area contributed by atoms with Gasteiger partial charge in [0, 0.05) is 24.4 Å². The number of alkyl halides is 2. The number of amides is 2. The molecule has 162 valence electrons. The Morgan fingerprint density at radius 2 is 2.03 bits per heavy atom. The SMILES string of the molecule is CC(Cc1cnccc1C(=O)NCC(=O)N1CC(F)(F)CC1C#N)c1ccc(F)cc1. The molecule has 0 spiro atoms. The van der Waals surface area contributed by atoms with Crippen LogP contribution in [-0.4, -0.2) is 46.8 Å². The van der Waals surface area contributed by atoms with Crippen molar-refractivity contribution in [1.82, 2.24) is 15.2 Å². The van der Waals surface area contributed by atoms with Crippen LogP contribution in [0, 0.1) is 17.1 Å². The number of nitrogens with one attached hydrogen (secondary N) is 1. The maximum atomic E-state index is 13.5. The second-order valence-electron chi connectivity index (χ2n) is 7.60. The van der Waals surface area contributed by atoms with Crippen molar-refractivity contribution in [2.75, 3.05) is 13.1 Å². The first-order chi connectivity index (χ1) is 14.7. The molecule has 1 saturated heterocycles. The van der Waals surface area contributed by atoms with Crippen molar-refractivity contribution < 1.29 is 22.8 Å². The molecule has 2 heterocycles. The van der Waals surface area contributed by atoms with Crippen LogP contribution in [-0.2, 0) is 11.2 Å². The summed E-state index contributed by atoms with van der Waals surface area (Å²) >= 11 is 0. The monoisotopic (exact) mass is 430 g/mol. The third kappa shape index (κ3) is 5.40. The summed E-state index contributed by atoms with van der Waals surface area (Å²) in [5.41, 5.74) is 1.83. The zero-order valence-electron chi connectivity index (χ0n) is 16.8. The summed E-state index contributed by atoms with van der Waals surface area (Å²) in [5, 5.41) is 11.5. The maximum absolute atomic E-state index is 13.5. The molecular formula is C22H21F3N4O2. The third-order valence-electron chi connectivity index (χ3n) is 5.25. The molecule has 1 N–H and O–H groups in total. The van der Waals surface area contributed by atoms with E-state index in [0.717, 1.165) is 10.5 Å². The Hall–Kier alpha value is -3.41. The van der Waals surface area contributed by atoms with Gasteiger partial charge in [-0.05, 0) is 41.7 Å². The zero-order valence-corrected chi connectivity index (χ0v) is 16.8. The number of likely N-dealkylation sites (tertiary alicyclic amines) is 1. The molecule has 0 bridgehead atoms. The van der Waals surface area contributed by atoms with E-state index >= 15 is 0 Å². The van der Waals surface area contributed by atoms with Crippen molar-refractivity contribution in [3.63, 3.8) is 0 Å². The van der Waals surface area contributed by atoms with Crippen LogP contribution in [0.1, 0.15) is 40.7 Å². The predicted molar refractivity (Wildman–Crippen MR) is 106 cm³/mol. The molecule has 1 aromatic carbocycles. The van der Waals surface area contributed by atoms with Crippen LogP contribution in [0.4, 0.5) is 13.2 Å². The number of carbonyl (C=O) groups is 2. The molecule has 1 aromatic heterocycles. The van der Waals surface area contributed by atoms with Crippen LogP contribution in [0.3, 0.4) is 0 Å². The minimum atomic E-state index is -3.12. The lowest BCUT2D eigenvalue weighted by molar-refractivity contribution is -0.131. The Balaban J connectivity index is 1.65. The highest BCUT2D eigenvalue weighted by atomic mass is 19.3. The van der Waals surface area contributed by atoms with Crippen LogP contribution in [0.5, 0.6) is 0 Å². The van der Waals surface area contributed by atoms with Gasteiger partial charge in [0.25, 0.3) is 11.8 Å². The Kier molecular flexibility index (Phi) is 6.59. The average molecular weight is 430 g/mol. The number of nitrogens with zero attached hydrogens (tertiary/aromatic N) is 3. The molecule has 1 aliphatic rings. The van der Waals surface area contributed by atoms with Gasteiger partial charge in [-0.25, -0.2) is 13.2 Å². The normalized spacial score (nSPS) is 18.3. The van der Waals surface area contributed by atoms with Gasteiger partial charge in [0.1, 0.15) is 11.9 Å². The Bertz CT molecular complexity index is 1000. The fourth-order valence-electron chi connectivity index (χ4n) is 3.60. The molecular weight excluding hydrogens is 409 g/mol. The first-order valence-corrected chi connectivity index (χ1v) is 9.73. The number of hydrogen-bond donors (Lipinski definition) is 1. The quantitative estimate of drug-likeness (QED) is 0.763. The highest BCUT2D eigenvalue weighted by Crippen LogP contribution is 2.31. The molecule has 2 amide bonds. The van der Waals surface area contributed by atoms with Crippen LogP contribution in [0.25, 0.3) is 0 Å². The summed E-state index contributed by atoms with van der Waals surface area (Å²) in [6, 6.07) is 8.07. The number of nitriles is 1. The third-order valence-corrected chi connectivity index (χ3v) is 5.25. The highest BCUT2D eigenvalue weighted by Gasteiger charge is 2.47. The maximum Gasteiger partial charge on any atom is 0.268 e. The fraction of sp³-hybridized carbons (Fsp3) is 0.364. The van der Waals surface area contributed by atoms with Gasteiger partial charge in [-0.1, -0.05) is 19.1 Å². The van der Waals surface area contributed by atoms with Gasteiger partial charge in [-0.2, -0.15) is 5.26 Å². The Labute approximate surface area is 177 Å².